The highest BCUT2D eigenvalue weighted by Crippen LogP contribution is 2.32. The molecule has 0 bridgehead atoms. The quantitative estimate of drug-likeness (QED) is 0.207. The Labute approximate surface area is 237 Å². The van der Waals surface area contributed by atoms with E-state index >= 15 is 0 Å². The highest BCUT2D eigenvalue weighted by molar-refractivity contribution is 6.37. The van der Waals surface area contributed by atoms with Crippen LogP contribution in [0, 0.1) is 0 Å². The Hall–Kier alpha value is -2.95. The van der Waals surface area contributed by atoms with E-state index in [1.807, 2.05) is 38.1 Å². The maximum Gasteiger partial charge on any atom is 0.262 e. The van der Waals surface area contributed by atoms with Crippen LogP contribution >= 0.6 is 23.2 Å². The van der Waals surface area contributed by atoms with Crippen LogP contribution in [0.15, 0.2) is 47.3 Å². The molecule has 0 saturated carbocycles. The summed E-state index contributed by atoms with van der Waals surface area (Å²) >= 11 is 12.9. The minimum atomic E-state index is -0.253. The summed E-state index contributed by atoms with van der Waals surface area (Å²) in [5, 5.41) is 5.96. The maximum absolute atomic E-state index is 13.2. The van der Waals surface area contributed by atoms with Crippen LogP contribution in [-0.2, 0) is 20.6 Å². The first kappa shape index (κ1) is 29.0. The van der Waals surface area contributed by atoms with Gasteiger partial charge in [-0.05, 0) is 35.7 Å². The molecule has 208 valence electrons. The number of hydrogen-bond acceptors (Lipinski definition) is 7. The second-order valence-electron chi connectivity index (χ2n) is 9.12. The van der Waals surface area contributed by atoms with Gasteiger partial charge in [0.1, 0.15) is 29.3 Å². The van der Waals surface area contributed by atoms with Crippen molar-refractivity contribution in [1.29, 1.82) is 0 Å². The lowest BCUT2D eigenvalue weighted by Crippen LogP contribution is -2.14. The van der Waals surface area contributed by atoms with Crippen LogP contribution in [0.5, 0.6) is 5.75 Å². The molecular formula is C28H32Cl2N4O5. The van der Waals surface area contributed by atoms with E-state index in [0.717, 1.165) is 11.3 Å². The lowest BCUT2D eigenvalue weighted by Gasteiger charge is -2.09. The van der Waals surface area contributed by atoms with Crippen LogP contribution in [0.4, 0.5) is 0 Å². The van der Waals surface area contributed by atoms with Gasteiger partial charge in [0, 0.05) is 13.5 Å². The van der Waals surface area contributed by atoms with Crippen molar-refractivity contribution < 1.29 is 18.9 Å². The topological polar surface area (TPSA) is 100 Å². The average Bonchev–Trinajstić information content (AvgIpc) is 3.29. The average molecular weight is 575 g/mol. The van der Waals surface area contributed by atoms with Crippen molar-refractivity contribution in [1.82, 2.24) is 19.7 Å². The van der Waals surface area contributed by atoms with Gasteiger partial charge in [0.2, 0.25) is 0 Å². The predicted octanol–water partition coefficient (Wildman–Crippen LogP) is 5.19. The number of nitrogens with one attached hydrogen (secondary N) is 1. The maximum atomic E-state index is 13.2. The van der Waals surface area contributed by atoms with E-state index in [4.69, 9.17) is 52.2 Å². The van der Waals surface area contributed by atoms with Gasteiger partial charge in [-0.25, -0.2) is 9.67 Å². The van der Waals surface area contributed by atoms with Gasteiger partial charge in [-0.3, -0.25) is 4.79 Å². The smallest absolute Gasteiger partial charge is 0.262 e. The Morgan fingerprint density at radius 2 is 1.56 bits per heavy atom. The lowest BCUT2D eigenvalue weighted by molar-refractivity contribution is 0.0180. The van der Waals surface area contributed by atoms with Gasteiger partial charge in [0.25, 0.3) is 5.56 Å². The van der Waals surface area contributed by atoms with Crippen molar-refractivity contribution in [2.75, 3.05) is 46.8 Å². The standard InChI is InChI=1S/C28H32Cl2N4O5/c1-18(2)25-24-27(34(33-25)26-21(29)5-4-6-22(26)30)31-23(32-28(24)35)17-19-7-9-20(10-8-19)39-16-15-38-14-13-37-12-11-36-3/h4-10,18H,11-17H2,1-3H3,(H,31,32,35). The van der Waals surface area contributed by atoms with Gasteiger partial charge in [-0.2, -0.15) is 5.10 Å². The molecule has 0 aliphatic carbocycles. The molecule has 0 radical (unpaired) electrons. The fraction of sp³-hybridized carbons (Fsp3) is 0.393. The predicted molar refractivity (Wildman–Crippen MR) is 152 cm³/mol. The van der Waals surface area contributed by atoms with Crippen molar-refractivity contribution in [3.8, 4) is 11.4 Å². The van der Waals surface area contributed by atoms with Gasteiger partial charge in [0.05, 0.1) is 48.8 Å². The van der Waals surface area contributed by atoms with E-state index in [2.05, 4.69) is 4.98 Å². The summed E-state index contributed by atoms with van der Waals surface area (Å²) in [5.41, 5.74) is 2.24. The molecule has 0 aliphatic heterocycles. The van der Waals surface area contributed by atoms with E-state index in [9.17, 15) is 4.79 Å². The van der Waals surface area contributed by atoms with E-state index in [-0.39, 0.29) is 11.5 Å². The minimum absolute atomic E-state index is 0.00376. The van der Waals surface area contributed by atoms with Crippen molar-refractivity contribution in [3.05, 3.63) is 79.9 Å². The molecule has 0 saturated heterocycles. The van der Waals surface area contributed by atoms with Crippen molar-refractivity contribution in [2.45, 2.75) is 26.2 Å². The monoisotopic (exact) mass is 574 g/mol. The number of aromatic nitrogens is 4. The zero-order valence-corrected chi connectivity index (χ0v) is 23.7. The summed E-state index contributed by atoms with van der Waals surface area (Å²) in [4.78, 5) is 20.9. The third kappa shape index (κ3) is 7.38. The number of hydrogen-bond donors (Lipinski definition) is 1. The van der Waals surface area contributed by atoms with Gasteiger partial charge >= 0.3 is 0 Å². The Kier molecular flexibility index (Phi) is 10.4. The van der Waals surface area contributed by atoms with Crippen LogP contribution in [0.1, 0.15) is 36.8 Å². The number of rotatable bonds is 14. The first-order chi connectivity index (χ1) is 18.9. The molecule has 39 heavy (non-hydrogen) atoms. The largest absolute Gasteiger partial charge is 0.491 e. The molecule has 0 unspecified atom stereocenters. The number of methoxy groups -OCH3 is 1. The lowest BCUT2D eigenvalue weighted by atomic mass is 10.1. The van der Waals surface area contributed by atoms with Gasteiger partial charge in [0.15, 0.2) is 5.65 Å². The molecule has 4 rings (SSSR count). The van der Waals surface area contributed by atoms with Crippen molar-refractivity contribution >= 4 is 34.2 Å². The molecule has 11 heteroatoms. The summed E-state index contributed by atoms with van der Waals surface area (Å²) in [6.45, 7) is 6.98. The summed E-state index contributed by atoms with van der Waals surface area (Å²) in [5.74, 6) is 1.22. The summed E-state index contributed by atoms with van der Waals surface area (Å²) in [6.07, 6.45) is 0.413. The highest BCUT2D eigenvalue weighted by Gasteiger charge is 2.22. The zero-order valence-electron chi connectivity index (χ0n) is 22.2. The second-order valence-corrected chi connectivity index (χ2v) is 9.93. The van der Waals surface area contributed by atoms with Crippen LogP contribution in [0.3, 0.4) is 0 Å². The number of H-pyrrole nitrogens is 1. The minimum Gasteiger partial charge on any atom is -0.491 e. The molecule has 0 spiro atoms. The van der Waals surface area contributed by atoms with E-state index in [0.29, 0.717) is 84.3 Å². The van der Waals surface area contributed by atoms with Crippen LogP contribution < -0.4 is 10.3 Å². The number of benzene rings is 2. The molecule has 2 aromatic carbocycles. The third-order valence-corrected chi connectivity index (χ3v) is 6.52. The molecule has 9 nitrogen and oxygen atoms in total. The number of aromatic amines is 1. The first-order valence-electron chi connectivity index (χ1n) is 12.7. The number of nitrogens with zero attached hydrogens (tertiary/aromatic N) is 3. The van der Waals surface area contributed by atoms with E-state index < -0.39 is 0 Å². The van der Waals surface area contributed by atoms with Crippen molar-refractivity contribution in [3.63, 3.8) is 0 Å². The normalized spacial score (nSPS) is 11.5. The molecule has 2 heterocycles. The molecule has 4 aromatic rings. The molecule has 0 amide bonds. The summed E-state index contributed by atoms with van der Waals surface area (Å²) in [6, 6.07) is 12.9. The van der Waals surface area contributed by atoms with Crippen molar-refractivity contribution in [2.24, 2.45) is 0 Å². The first-order valence-corrected chi connectivity index (χ1v) is 13.5. The third-order valence-electron chi connectivity index (χ3n) is 5.91. The molecule has 0 aliphatic rings. The molecule has 2 aromatic heterocycles. The molecule has 0 fully saturated rings. The fourth-order valence-corrected chi connectivity index (χ4v) is 4.57. The Morgan fingerprint density at radius 1 is 0.923 bits per heavy atom. The van der Waals surface area contributed by atoms with E-state index in [1.165, 1.54) is 0 Å². The highest BCUT2D eigenvalue weighted by atomic mass is 35.5. The summed E-state index contributed by atoms with van der Waals surface area (Å²) < 4.78 is 23.1. The molecule has 0 atom stereocenters. The Morgan fingerprint density at radius 3 is 2.21 bits per heavy atom. The van der Waals surface area contributed by atoms with Crippen LogP contribution in [-0.4, -0.2) is 66.5 Å². The Balaban J connectivity index is 1.45. The van der Waals surface area contributed by atoms with Crippen LogP contribution in [0.2, 0.25) is 10.0 Å². The van der Waals surface area contributed by atoms with Crippen LogP contribution in [0.25, 0.3) is 16.7 Å². The number of para-hydroxylation sites is 1. The number of fused-ring (bicyclic) bond motifs is 1. The number of halogens is 2. The molecule has 1 N–H and O–H groups in total. The van der Waals surface area contributed by atoms with Gasteiger partial charge < -0.3 is 23.9 Å². The number of ether oxygens (including phenoxy) is 4. The summed E-state index contributed by atoms with van der Waals surface area (Å²) in [7, 11) is 1.64. The SMILES string of the molecule is COCCOCCOCCOc1ccc(Cc2nc3c(c(C(C)C)nn3-c3c(Cl)cccc3Cl)c(=O)[nH]2)cc1. The zero-order chi connectivity index (χ0) is 27.8. The Bertz CT molecular complexity index is 1420. The van der Waals surface area contributed by atoms with E-state index in [1.54, 1.807) is 30.0 Å². The molecular weight excluding hydrogens is 543 g/mol. The second kappa shape index (κ2) is 13.9. The van der Waals surface area contributed by atoms with Gasteiger partial charge in [-0.1, -0.05) is 55.2 Å². The van der Waals surface area contributed by atoms with Gasteiger partial charge in [-0.15, -0.1) is 0 Å². The fourth-order valence-electron chi connectivity index (χ4n) is 4.01.